The summed E-state index contributed by atoms with van der Waals surface area (Å²) < 4.78 is 72.8. The molecule has 40 heavy (non-hydrogen) atoms. The van der Waals surface area contributed by atoms with Crippen molar-refractivity contribution in [2.45, 2.75) is 44.1 Å². The molecule has 0 spiro atoms. The molecule has 0 fully saturated rings. The molecule has 1 heterocycles. The zero-order valence-corrected chi connectivity index (χ0v) is 23.0. The highest BCUT2D eigenvalue weighted by Crippen LogP contribution is 2.36. The molecule has 3 aromatic carbocycles. The minimum Gasteiger partial charge on any atom is -0.373 e. The standard InChI is InChI=1S/C30H29F3N2O4S/c1-20(39-19-22-9-5-4-6-10-22)17-24-18-26(29(36)34-23-13-15-25(16-14-23)40(3,37)38)21(2)35(24)28-12-8-7-11-27(28)30(31,32)33/h4-16,18,20H,17,19H2,1-3H3,(H,34,36)/t20-/m0/s1. The van der Waals surface area contributed by atoms with Crippen molar-refractivity contribution >= 4 is 21.4 Å². The van der Waals surface area contributed by atoms with Gasteiger partial charge in [-0.25, -0.2) is 8.42 Å². The summed E-state index contributed by atoms with van der Waals surface area (Å²) in [5.41, 5.74) is 1.39. The molecule has 0 unspecified atom stereocenters. The minimum absolute atomic E-state index is 0.0886. The number of hydrogen-bond donors (Lipinski definition) is 1. The third kappa shape index (κ3) is 6.81. The molecule has 1 atom stereocenters. The van der Waals surface area contributed by atoms with Crippen LogP contribution < -0.4 is 5.32 Å². The van der Waals surface area contributed by atoms with E-state index in [0.717, 1.165) is 17.9 Å². The quantitative estimate of drug-likeness (QED) is 0.246. The van der Waals surface area contributed by atoms with E-state index < -0.39 is 27.5 Å². The monoisotopic (exact) mass is 570 g/mol. The fourth-order valence-corrected chi connectivity index (χ4v) is 5.08. The van der Waals surface area contributed by atoms with Gasteiger partial charge >= 0.3 is 6.18 Å². The van der Waals surface area contributed by atoms with Gasteiger partial charge in [0.2, 0.25) is 0 Å². The molecule has 0 bridgehead atoms. The van der Waals surface area contributed by atoms with Gasteiger partial charge in [0, 0.05) is 29.8 Å². The van der Waals surface area contributed by atoms with Crippen molar-refractivity contribution in [2.75, 3.05) is 11.6 Å². The van der Waals surface area contributed by atoms with Gasteiger partial charge in [0.25, 0.3) is 5.91 Å². The van der Waals surface area contributed by atoms with E-state index in [1.807, 2.05) is 37.3 Å². The van der Waals surface area contributed by atoms with Crippen LogP contribution in [-0.2, 0) is 33.8 Å². The Morgan fingerprint density at radius 2 is 1.60 bits per heavy atom. The van der Waals surface area contributed by atoms with Crippen LogP contribution in [0, 0.1) is 6.92 Å². The number of nitrogens with one attached hydrogen (secondary N) is 1. The van der Waals surface area contributed by atoms with Crippen molar-refractivity contribution in [3.8, 4) is 5.69 Å². The zero-order valence-electron chi connectivity index (χ0n) is 22.2. The van der Waals surface area contributed by atoms with Crippen LogP contribution in [0.4, 0.5) is 18.9 Å². The van der Waals surface area contributed by atoms with Crippen molar-refractivity contribution in [2.24, 2.45) is 0 Å². The molecule has 4 aromatic rings. The fourth-order valence-electron chi connectivity index (χ4n) is 4.45. The summed E-state index contributed by atoms with van der Waals surface area (Å²) in [7, 11) is -3.41. The predicted molar refractivity (Wildman–Crippen MR) is 147 cm³/mol. The van der Waals surface area contributed by atoms with Gasteiger partial charge in [0.1, 0.15) is 0 Å². The topological polar surface area (TPSA) is 77.4 Å². The summed E-state index contributed by atoms with van der Waals surface area (Å²) in [6.45, 7) is 3.75. The Balaban J connectivity index is 1.68. The number of aromatic nitrogens is 1. The van der Waals surface area contributed by atoms with Gasteiger partial charge in [-0.05, 0) is 61.9 Å². The number of amides is 1. The van der Waals surface area contributed by atoms with Crippen LogP contribution in [0.5, 0.6) is 0 Å². The van der Waals surface area contributed by atoms with Crippen molar-refractivity contribution < 1.29 is 31.1 Å². The number of carbonyl (C=O) groups is 1. The second kappa shape index (κ2) is 11.7. The van der Waals surface area contributed by atoms with Gasteiger partial charge in [-0.3, -0.25) is 4.79 Å². The Kier molecular flexibility index (Phi) is 8.51. The summed E-state index contributed by atoms with van der Waals surface area (Å²) >= 11 is 0. The maximum Gasteiger partial charge on any atom is 0.418 e. The van der Waals surface area contributed by atoms with Gasteiger partial charge in [0.15, 0.2) is 9.84 Å². The molecular formula is C30H29F3N2O4S. The highest BCUT2D eigenvalue weighted by molar-refractivity contribution is 7.90. The van der Waals surface area contributed by atoms with Crippen LogP contribution in [-0.4, -0.2) is 31.3 Å². The molecule has 0 aliphatic heterocycles. The smallest absolute Gasteiger partial charge is 0.373 e. The number of halogens is 3. The van der Waals surface area contributed by atoms with Crippen molar-refractivity contribution in [3.05, 3.63) is 113 Å². The Hall–Kier alpha value is -3.89. The lowest BCUT2D eigenvalue weighted by Gasteiger charge is -2.20. The van der Waals surface area contributed by atoms with E-state index in [2.05, 4.69) is 5.32 Å². The summed E-state index contributed by atoms with van der Waals surface area (Å²) in [4.78, 5) is 13.4. The van der Waals surface area contributed by atoms with Crippen molar-refractivity contribution in [1.29, 1.82) is 0 Å². The van der Waals surface area contributed by atoms with E-state index in [0.29, 0.717) is 23.7 Å². The second-order valence-corrected chi connectivity index (χ2v) is 11.6. The SMILES string of the molecule is Cc1c(C(=O)Nc2ccc(S(C)(=O)=O)cc2)cc(C[C@H](C)OCc2ccccc2)n1-c1ccccc1C(F)(F)F. The van der Waals surface area contributed by atoms with Crippen molar-refractivity contribution in [3.63, 3.8) is 0 Å². The lowest BCUT2D eigenvalue weighted by molar-refractivity contribution is -0.137. The molecule has 0 aliphatic rings. The first kappa shape index (κ1) is 29.1. The van der Waals surface area contributed by atoms with Gasteiger partial charge in [0.05, 0.1) is 34.4 Å². The Labute approximate surface area is 231 Å². The minimum atomic E-state index is -4.61. The summed E-state index contributed by atoms with van der Waals surface area (Å²) in [5, 5.41) is 2.71. The normalized spacial score (nSPS) is 12.8. The number of hydrogen-bond acceptors (Lipinski definition) is 4. The average Bonchev–Trinajstić information content (AvgIpc) is 3.22. The Morgan fingerprint density at radius 1 is 0.975 bits per heavy atom. The lowest BCUT2D eigenvalue weighted by atomic mass is 10.1. The van der Waals surface area contributed by atoms with Gasteiger partial charge < -0.3 is 14.6 Å². The predicted octanol–water partition coefficient (Wildman–Crippen LogP) is 6.61. The van der Waals surface area contributed by atoms with Crippen LogP contribution in [0.15, 0.2) is 89.8 Å². The van der Waals surface area contributed by atoms with Crippen LogP contribution in [0.2, 0.25) is 0 Å². The zero-order chi connectivity index (χ0) is 29.1. The fraction of sp³-hybridized carbons (Fsp3) is 0.233. The number of rotatable bonds is 9. The molecule has 10 heteroatoms. The van der Waals surface area contributed by atoms with Crippen LogP contribution in [0.1, 0.15) is 39.8 Å². The van der Waals surface area contributed by atoms with E-state index in [-0.39, 0.29) is 28.7 Å². The Bertz CT molecular complexity index is 1600. The highest BCUT2D eigenvalue weighted by atomic mass is 32.2. The van der Waals surface area contributed by atoms with E-state index in [4.69, 9.17) is 4.74 Å². The molecule has 0 saturated carbocycles. The first-order valence-corrected chi connectivity index (χ1v) is 14.4. The van der Waals surface area contributed by atoms with Gasteiger partial charge in [-0.15, -0.1) is 0 Å². The number of ether oxygens (including phenoxy) is 1. The second-order valence-electron chi connectivity index (χ2n) is 9.55. The van der Waals surface area contributed by atoms with E-state index >= 15 is 0 Å². The molecule has 1 amide bonds. The first-order valence-electron chi connectivity index (χ1n) is 12.5. The average molecular weight is 571 g/mol. The summed E-state index contributed by atoms with van der Waals surface area (Å²) in [6.07, 6.45) is -3.65. The molecule has 210 valence electrons. The maximum absolute atomic E-state index is 14.0. The molecule has 1 N–H and O–H groups in total. The van der Waals surface area contributed by atoms with Crippen LogP contribution in [0.25, 0.3) is 5.69 Å². The molecule has 6 nitrogen and oxygen atoms in total. The first-order chi connectivity index (χ1) is 18.8. The maximum atomic E-state index is 14.0. The number of carbonyl (C=O) groups excluding carboxylic acids is 1. The molecule has 0 saturated heterocycles. The third-order valence-corrected chi connectivity index (χ3v) is 7.56. The largest absolute Gasteiger partial charge is 0.418 e. The van der Waals surface area contributed by atoms with E-state index in [1.165, 1.54) is 47.0 Å². The van der Waals surface area contributed by atoms with Gasteiger partial charge in [-0.2, -0.15) is 13.2 Å². The lowest BCUT2D eigenvalue weighted by Crippen LogP contribution is -2.17. The number of para-hydroxylation sites is 1. The summed E-state index contributed by atoms with van der Waals surface area (Å²) in [6, 6.07) is 22.0. The molecular weight excluding hydrogens is 541 g/mol. The number of sulfone groups is 1. The number of anilines is 1. The van der Waals surface area contributed by atoms with Gasteiger partial charge in [-0.1, -0.05) is 42.5 Å². The molecule has 0 radical (unpaired) electrons. The molecule has 4 rings (SSSR count). The molecule has 0 aliphatic carbocycles. The Morgan fingerprint density at radius 3 is 2.23 bits per heavy atom. The van der Waals surface area contributed by atoms with E-state index in [1.54, 1.807) is 13.0 Å². The number of alkyl halides is 3. The van der Waals surface area contributed by atoms with Crippen molar-refractivity contribution in [1.82, 2.24) is 4.57 Å². The van der Waals surface area contributed by atoms with Crippen LogP contribution in [0.3, 0.4) is 0 Å². The van der Waals surface area contributed by atoms with E-state index in [9.17, 15) is 26.4 Å². The highest BCUT2D eigenvalue weighted by Gasteiger charge is 2.35. The summed E-state index contributed by atoms with van der Waals surface area (Å²) in [5.74, 6) is -0.535. The number of benzene rings is 3. The third-order valence-electron chi connectivity index (χ3n) is 6.43. The number of nitrogens with zero attached hydrogens (tertiary/aromatic N) is 1. The van der Waals surface area contributed by atoms with Crippen LogP contribution >= 0.6 is 0 Å². The molecule has 1 aromatic heterocycles.